The van der Waals surface area contributed by atoms with Gasteiger partial charge in [0, 0.05) is 18.2 Å². The quantitative estimate of drug-likeness (QED) is 0.341. The number of hydrogen-bond donors (Lipinski definition) is 0. The molecule has 0 N–H and O–H groups in total. The number of alkyl halides is 3. The molecule has 0 heterocycles. The monoisotopic (exact) mass is 505 g/mol. The average Bonchev–Trinajstić information content (AvgIpc) is 2.81. The summed E-state index contributed by atoms with van der Waals surface area (Å²) in [5.41, 5.74) is 1.09. The summed E-state index contributed by atoms with van der Waals surface area (Å²) in [4.78, 5) is 14.3. The lowest BCUT2D eigenvalue weighted by Gasteiger charge is -2.29. The Labute approximate surface area is 203 Å². The van der Waals surface area contributed by atoms with Gasteiger partial charge in [0.2, 0.25) is 0 Å². The molecular weight excluding hydrogens is 479 g/mol. The molecule has 0 aromatic heterocycles. The summed E-state index contributed by atoms with van der Waals surface area (Å²) >= 11 is 0. The van der Waals surface area contributed by atoms with Crippen molar-refractivity contribution < 1.29 is 30.6 Å². The Balaban J connectivity index is 1.84. The number of carbonyl (C=O) groups is 1. The SMILES string of the molecule is CCC(C)N(Cc1cccc(OS(=O)(=O)c2cccc(C(F)(F)F)c2)c1)C(=O)c1ccc(C)cc1. The van der Waals surface area contributed by atoms with Gasteiger partial charge in [-0.25, -0.2) is 0 Å². The van der Waals surface area contributed by atoms with Gasteiger partial charge in [0.1, 0.15) is 10.6 Å². The van der Waals surface area contributed by atoms with E-state index in [1.807, 2.05) is 32.9 Å². The molecule has 0 bridgehead atoms. The Morgan fingerprint density at radius 3 is 2.29 bits per heavy atom. The van der Waals surface area contributed by atoms with Crippen LogP contribution in [0.15, 0.2) is 77.7 Å². The molecule has 0 fully saturated rings. The highest BCUT2D eigenvalue weighted by Crippen LogP contribution is 2.31. The topological polar surface area (TPSA) is 63.7 Å². The van der Waals surface area contributed by atoms with Crippen LogP contribution < -0.4 is 4.18 Å². The molecule has 1 amide bonds. The smallest absolute Gasteiger partial charge is 0.379 e. The Morgan fingerprint density at radius 1 is 1.00 bits per heavy atom. The highest BCUT2D eigenvalue weighted by atomic mass is 32.2. The van der Waals surface area contributed by atoms with Crippen LogP contribution in [-0.4, -0.2) is 25.3 Å². The number of rotatable bonds is 8. The van der Waals surface area contributed by atoms with Crippen LogP contribution in [0, 0.1) is 6.92 Å². The minimum absolute atomic E-state index is 0.0631. The van der Waals surface area contributed by atoms with Gasteiger partial charge in [-0.05, 0) is 68.3 Å². The lowest BCUT2D eigenvalue weighted by Crippen LogP contribution is -2.37. The Kier molecular flexibility index (Phi) is 7.90. The van der Waals surface area contributed by atoms with E-state index in [-0.39, 0.29) is 24.2 Å². The van der Waals surface area contributed by atoms with Gasteiger partial charge in [0.15, 0.2) is 0 Å². The van der Waals surface area contributed by atoms with Crippen molar-refractivity contribution in [3.63, 3.8) is 0 Å². The number of nitrogens with zero attached hydrogens (tertiary/aromatic N) is 1. The predicted octanol–water partition coefficient (Wildman–Crippen LogP) is 6.22. The molecule has 0 saturated carbocycles. The lowest BCUT2D eigenvalue weighted by atomic mass is 10.1. The zero-order valence-electron chi connectivity index (χ0n) is 19.5. The van der Waals surface area contributed by atoms with Gasteiger partial charge in [0.25, 0.3) is 5.91 Å². The van der Waals surface area contributed by atoms with Gasteiger partial charge in [-0.1, -0.05) is 42.8 Å². The maximum absolute atomic E-state index is 13.2. The first-order valence-corrected chi connectivity index (χ1v) is 12.4. The fourth-order valence-corrected chi connectivity index (χ4v) is 4.38. The average molecular weight is 506 g/mol. The van der Waals surface area contributed by atoms with Crippen molar-refractivity contribution >= 4 is 16.0 Å². The van der Waals surface area contributed by atoms with Gasteiger partial charge in [-0.3, -0.25) is 4.79 Å². The van der Waals surface area contributed by atoms with E-state index in [0.717, 1.165) is 23.8 Å². The third-order valence-corrected chi connectivity index (χ3v) is 6.83. The number of aryl methyl sites for hydroxylation is 1. The molecule has 3 aromatic rings. The van der Waals surface area contributed by atoms with Gasteiger partial charge in [-0.2, -0.15) is 21.6 Å². The zero-order chi connectivity index (χ0) is 25.8. The third-order valence-electron chi connectivity index (χ3n) is 5.59. The molecule has 9 heteroatoms. The summed E-state index contributed by atoms with van der Waals surface area (Å²) in [7, 11) is -4.51. The second-order valence-electron chi connectivity index (χ2n) is 8.27. The van der Waals surface area contributed by atoms with Crippen LogP contribution in [0.2, 0.25) is 0 Å². The number of carbonyl (C=O) groups excluding carboxylic acids is 1. The van der Waals surface area contributed by atoms with Crippen molar-refractivity contribution in [3.8, 4) is 5.75 Å². The Hall–Kier alpha value is -3.33. The molecule has 186 valence electrons. The van der Waals surface area contributed by atoms with Crippen molar-refractivity contribution in [1.82, 2.24) is 4.90 Å². The van der Waals surface area contributed by atoms with Crippen LogP contribution in [-0.2, 0) is 22.8 Å². The van der Waals surface area contributed by atoms with E-state index in [0.29, 0.717) is 23.6 Å². The second-order valence-corrected chi connectivity index (χ2v) is 9.81. The first kappa shape index (κ1) is 26.3. The van der Waals surface area contributed by atoms with E-state index in [9.17, 15) is 26.4 Å². The molecule has 0 spiro atoms. The lowest BCUT2D eigenvalue weighted by molar-refractivity contribution is -0.137. The fourth-order valence-electron chi connectivity index (χ4n) is 3.41. The van der Waals surface area contributed by atoms with E-state index < -0.39 is 26.8 Å². The summed E-state index contributed by atoms with van der Waals surface area (Å²) in [6, 6.07) is 16.6. The molecule has 3 aromatic carbocycles. The van der Waals surface area contributed by atoms with Crippen LogP contribution in [0.1, 0.15) is 47.3 Å². The van der Waals surface area contributed by atoms with Crippen LogP contribution in [0.25, 0.3) is 0 Å². The van der Waals surface area contributed by atoms with Gasteiger partial charge >= 0.3 is 16.3 Å². The normalized spacial score (nSPS) is 12.7. The number of halogens is 3. The maximum Gasteiger partial charge on any atom is 0.416 e. The molecule has 0 aliphatic rings. The summed E-state index contributed by atoms with van der Waals surface area (Å²) in [6.07, 6.45) is -3.98. The van der Waals surface area contributed by atoms with E-state index in [1.165, 1.54) is 12.1 Å². The largest absolute Gasteiger partial charge is 0.416 e. The standard InChI is InChI=1S/C26H26F3NO4S/c1-4-19(3)30(25(31)21-13-11-18(2)12-14-21)17-20-7-5-9-23(15-20)34-35(32,33)24-10-6-8-22(16-24)26(27,28)29/h5-16,19H,4,17H2,1-3H3. The third kappa shape index (κ3) is 6.63. The minimum Gasteiger partial charge on any atom is -0.379 e. The molecule has 1 atom stereocenters. The highest BCUT2D eigenvalue weighted by Gasteiger charge is 2.32. The van der Waals surface area contributed by atoms with Crippen molar-refractivity contribution in [1.29, 1.82) is 0 Å². The molecule has 0 aliphatic heterocycles. The molecule has 0 saturated heterocycles. The minimum atomic E-state index is -4.69. The molecule has 5 nitrogen and oxygen atoms in total. The van der Waals surface area contributed by atoms with Gasteiger partial charge in [0.05, 0.1) is 5.56 Å². The van der Waals surface area contributed by atoms with Crippen molar-refractivity contribution in [2.45, 2.75) is 50.9 Å². The number of benzene rings is 3. The molecular formula is C26H26F3NO4S. The van der Waals surface area contributed by atoms with Crippen LogP contribution in [0.4, 0.5) is 13.2 Å². The predicted molar refractivity (Wildman–Crippen MR) is 127 cm³/mol. The van der Waals surface area contributed by atoms with E-state index in [4.69, 9.17) is 4.18 Å². The van der Waals surface area contributed by atoms with E-state index in [1.54, 1.807) is 29.2 Å². The van der Waals surface area contributed by atoms with Gasteiger partial charge in [-0.15, -0.1) is 0 Å². The van der Waals surface area contributed by atoms with Crippen molar-refractivity contribution in [3.05, 3.63) is 95.1 Å². The van der Waals surface area contributed by atoms with E-state index in [2.05, 4.69) is 0 Å². The number of amides is 1. The molecule has 0 aliphatic carbocycles. The van der Waals surface area contributed by atoms with Crippen molar-refractivity contribution in [2.75, 3.05) is 0 Å². The molecule has 0 radical (unpaired) electrons. The van der Waals surface area contributed by atoms with Crippen LogP contribution >= 0.6 is 0 Å². The van der Waals surface area contributed by atoms with Gasteiger partial charge < -0.3 is 9.08 Å². The molecule has 35 heavy (non-hydrogen) atoms. The van der Waals surface area contributed by atoms with Crippen LogP contribution in [0.3, 0.4) is 0 Å². The first-order chi connectivity index (χ1) is 16.4. The Bertz CT molecular complexity index is 1290. The molecule has 3 rings (SSSR count). The summed E-state index contributed by atoms with van der Waals surface area (Å²) in [6.45, 7) is 6.01. The summed E-state index contributed by atoms with van der Waals surface area (Å²) in [5, 5.41) is 0. The zero-order valence-corrected chi connectivity index (χ0v) is 20.4. The molecule has 1 unspecified atom stereocenters. The fraction of sp³-hybridized carbons (Fsp3) is 0.269. The first-order valence-electron chi connectivity index (χ1n) is 11.0. The summed E-state index contributed by atoms with van der Waals surface area (Å²) in [5.74, 6) is -0.228. The van der Waals surface area contributed by atoms with Crippen molar-refractivity contribution in [2.24, 2.45) is 0 Å². The highest BCUT2D eigenvalue weighted by molar-refractivity contribution is 7.87. The number of hydrogen-bond acceptors (Lipinski definition) is 4. The maximum atomic E-state index is 13.2. The summed E-state index contributed by atoms with van der Waals surface area (Å²) < 4.78 is 69.4. The van der Waals surface area contributed by atoms with E-state index >= 15 is 0 Å². The Morgan fingerprint density at radius 2 is 1.66 bits per heavy atom. The second kappa shape index (κ2) is 10.5. The van der Waals surface area contributed by atoms with Crippen LogP contribution in [0.5, 0.6) is 5.75 Å².